The third kappa shape index (κ3) is 3.61. The molecule has 1 aliphatic rings. The van der Waals surface area contributed by atoms with Crippen LogP contribution < -0.4 is 5.32 Å². The van der Waals surface area contributed by atoms with Crippen LogP contribution in [0, 0.1) is 6.92 Å². The van der Waals surface area contributed by atoms with Crippen molar-refractivity contribution in [1.82, 2.24) is 5.32 Å². The fraction of sp³-hybridized carbons (Fsp3) is 0.375. The first kappa shape index (κ1) is 17.2. The molecule has 124 valence electrons. The lowest BCUT2D eigenvalue weighted by Crippen LogP contribution is -2.35. The highest BCUT2D eigenvalue weighted by Gasteiger charge is 2.38. The van der Waals surface area contributed by atoms with Crippen molar-refractivity contribution in [3.8, 4) is 0 Å². The highest BCUT2D eigenvalue weighted by atomic mass is 32.2. The molecule has 0 saturated carbocycles. The van der Waals surface area contributed by atoms with Gasteiger partial charge in [-0.05, 0) is 31.6 Å². The number of aryl methyl sites for hydroxylation is 1. The minimum absolute atomic E-state index is 0.0483. The maximum Gasteiger partial charge on any atom is 0.302 e. The van der Waals surface area contributed by atoms with Gasteiger partial charge in [0.25, 0.3) is 0 Å². The zero-order valence-electron chi connectivity index (χ0n) is 13.3. The van der Waals surface area contributed by atoms with E-state index < -0.39 is 27.1 Å². The number of hydrogen-bond acceptors (Lipinski definition) is 5. The number of nitrogens with one attached hydrogen (secondary N) is 1. The maximum atomic E-state index is 12.7. The van der Waals surface area contributed by atoms with E-state index in [4.69, 9.17) is 4.74 Å². The summed E-state index contributed by atoms with van der Waals surface area (Å²) in [6, 6.07) is 6.48. The lowest BCUT2D eigenvalue weighted by Gasteiger charge is -2.14. The smallest absolute Gasteiger partial charge is 0.302 e. The van der Waals surface area contributed by atoms with Gasteiger partial charge in [0.15, 0.2) is 5.37 Å². The fourth-order valence-corrected chi connectivity index (χ4v) is 4.09. The molecule has 0 fully saturated rings. The molecular weight excluding hydrogens is 318 g/mol. The summed E-state index contributed by atoms with van der Waals surface area (Å²) in [7, 11) is -3.71. The Morgan fingerprint density at radius 1 is 1.22 bits per heavy atom. The van der Waals surface area contributed by atoms with Crippen molar-refractivity contribution >= 4 is 21.7 Å². The quantitative estimate of drug-likeness (QED) is 0.822. The van der Waals surface area contributed by atoms with Crippen LogP contribution in [0.15, 0.2) is 40.3 Å². The molecule has 6 nitrogen and oxygen atoms in total. The van der Waals surface area contributed by atoms with Crippen molar-refractivity contribution in [3.05, 3.63) is 41.0 Å². The molecule has 0 saturated heterocycles. The normalized spacial score (nSPS) is 18.0. The second-order valence-corrected chi connectivity index (χ2v) is 7.50. The van der Waals surface area contributed by atoms with Crippen LogP contribution in [0.25, 0.3) is 0 Å². The Kier molecular flexibility index (Phi) is 4.89. The van der Waals surface area contributed by atoms with Crippen LogP contribution in [0.3, 0.4) is 0 Å². The number of benzene rings is 1. The highest BCUT2D eigenvalue weighted by molar-refractivity contribution is 7.92. The van der Waals surface area contributed by atoms with Gasteiger partial charge in [0, 0.05) is 18.9 Å². The van der Waals surface area contributed by atoms with Crippen molar-refractivity contribution in [1.29, 1.82) is 0 Å². The predicted molar refractivity (Wildman–Crippen MR) is 84.2 cm³/mol. The van der Waals surface area contributed by atoms with Crippen LogP contribution in [0.1, 0.15) is 25.8 Å². The summed E-state index contributed by atoms with van der Waals surface area (Å²) in [5.41, 5.74) is 1.75. The van der Waals surface area contributed by atoms with Gasteiger partial charge in [-0.15, -0.1) is 0 Å². The average Bonchev–Trinajstić information content (AvgIpc) is 2.76. The summed E-state index contributed by atoms with van der Waals surface area (Å²) in [6.45, 7) is 4.80. The molecule has 0 aliphatic carbocycles. The molecule has 2 rings (SSSR count). The minimum atomic E-state index is -3.71. The predicted octanol–water partition coefficient (Wildman–Crippen LogP) is 1.49. The first-order valence-corrected chi connectivity index (χ1v) is 8.72. The molecule has 1 heterocycles. The van der Waals surface area contributed by atoms with E-state index in [1.165, 1.54) is 19.1 Å². The number of ether oxygens (including phenoxy) is 1. The molecule has 0 radical (unpaired) electrons. The summed E-state index contributed by atoms with van der Waals surface area (Å²) < 4.78 is 30.2. The molecule has 1 atom stereocenters. The Balaban J connectivity index is 2.26. The third-order valence-corrected chi connectivity index (χ3v) is 5.74. The first-order valence-electron chi connectivity index (χ1n) is 7.18. The molecule has 0 bridgehead atoms. The number of amides is 1. The summed E-state index contributed by atoms with van der Waals surface area (Å²) in [6.07, 6.45) is 0.192. The van der Waals surface area contributed by atoms with Crippen molar-refractivity contribution in [2.75, 3.05) is 6.61 Å². The Labute approximate surface area is 135 Å². The number of hydrogen-bond donors (Lipinski definition) is 1. The molecule has 1 aromatic rings. The van der Waals surface area contributed by atoms with E-state index in [2.05, 4.69) is 5.32 Å². The number of carbonyl (C=O) groups is 2. The maximum absolute atomic E-state index is 12.7. The SMILES string of the molecule is CC(=O)OCCC1=C(C)C(S(=O)(=O)c2ccc(C)cc2)NC1=O. The van der Waals surface area contributed by atoms with E-state index in [0.717, 1.165) is 5.56 Å². The van der Waals surface area contributed by atoms with Crippen LogP contribution in [-0.4, -0.2) is 32.3 Å². The average molecular weight is 337 g/mol. The highest BCUT2D eigenvalue weighted by Crippen LogP contribution is 2.28. The molecule has 1 unspecified atom stereocenters. The topological polar surface area (TPSA) is 89.5 Å². The number of sulfone groups is 1. The number of esters is 1. The number of carbonyl (C=O) groups excluding carboxylic acids is 2. The van der Waals surface area contributed by atoms with Gasteiger partial charge in [-0.1, -0.05) is 17.7 Å². The van der Waals surface area contributed by atoms with Gasteiger partial charge in [-0.25, -0.2) is 8.42 Å². The standard InChI is InChI=1S/C16H19NO5S/c1-10-4-6-13(7-5-10)23(20,21)16-11(2)14(15(19)17-16)8-9-22-12(3)18/h4-7,16H,8-9H2,1-3H3,(H,17,19). The summed E-state index contributed by atoms with van der Waals surface area (Å²) in [5.74, 6) is -0.874. The minimum Gasteiger partial charge on any atom is -0.466 e. The third-order valence-electron chi connectivity index (χ3n) is 3.72. The van der Waals surface area contributed by atoms with Gasteiger partial charge < -0.3 is 10.1 Å². The second kappa shape index (κ2) is 6.54. The zero-order valence-corrected chi connectivity index (χ0v) is 14.1. The first-order chi connectivity index (χ1) is 10.7. The molecule has 7 heteroatoms. The van der Waals surface area contributed by atoms with E-state index in [-0.39, 0.29) is 17.9 Å². The van der Waals surface area contributed by atoms with Gasteiger partial charge in [-0.2, -0.15) is 0 Å². The van der Waals surface area contributed by atoms with E-state index in [9.17, 15) is 18.0 Å². The van der Waals surface area contributed by atoms with Gasteiger partial charge in [0.2, 0.25) is 15.7 Å². The molecule has 1 N–H and O–H groups in total. The lowest BCUT2D eigenvalue weighted by molar-refractivity contribution is -0.141. The van der Waals surface area contributed by atoms with Gasteiger partial charge in [0.1, 0.15) is 0 Å². The zero-order chi connectivity index (χ0) is 17.2. The molecule has 1 aromatic carbocycles. The van der Waals surface area contributed by atoms with E-state index >= 15 is 0 Å². The van der Waals surface area contributed by atoms with Crippen LogP contribution in [-0.2, 0) is 24.2 Å². The summed E-state index contributed by atoms with van der Waals surface area (Å²) in [4.78, 5) is 23.0. The molecule has 0 spiro atoms. The van der Waals surface area contributed by atoms with E-state index in [0.29, 0.717) is 11.1 Å². The van der Waals surface area contributed by atoms with Crippen molar-refractivity contribution < 1.29 is 22.7 Å². The number of rotatable bonds is 5. The molecule has 1 aliphatic heterocycles. The molecule has 1 amide bonds. The summed E-state index contributed by atoms with van der Waals surface area (Å²) in [5, 5.41) is 1.43. The van der Waals surface area contributed by atoms with Crippen molar-refractivity contribution in [2.45, 2.75) is 37.5 Å². The van der Waals surface area contributed by atoms with E-state index in [1.54, 1.807) is 19.1 Å². The van der Waals surface area contributed by atoms with Gasteiger partial charge in [0.05, 0.1) is 11.5 Å². The van der Waals surface area contributed by atoms with Crippen molar-refractivity contribution in [2.24, 2.45) is 0 Å². The molecule has 0 aromatic heterocycles. The van der Waals surface area contributed by atoms with E-state index in [1.807, 2.05) is 6.92 Å². The molecular formula is C16H19NO5S. The summed E-state index contributed by atoms with van der Waals surface area (Å²) >= 11 is 0. The second-order valence-electron chi connectivity index (χ2n) is 5.46. The van der Waals surface area contributed by atoms with Gasteiger partial charge >= 0.3 is 5.97 Å². The molecule has 23 heavy (non-hydrogen) atoms. The lowest BCUT2D eigenvalue weighted by atomic mass is 10.1. The van der Waals surface area contributed by atoms with Crippen LogP contribution in [0.5, 0.6) is 0 Å². The Hall–Kier alpha value is -2.15. The Bertz CT molecular complexity index is 762. The van der Waals surface area contributed by atoms with Gasteiger partial charge in [-0.3, -0.25) is 9.59 Å². The van der Waals surface area contributed by atoms with Crippen molar-refractivity contribution in [3.63, 3.8) is 0 Å². The van der Waals surface area contributed by atoms with Crippen LogP contribution in [0.4, 0.5) is 0 Å². The Morgan fingerprint density at radius 2 is 1.83 bits per heavy atom. The van der Waals surface area contributed by atoms with Crippen LogP contribution in [0.2, 0.25) is 0 Å². The van der Waals surface area contributed by atoms with Crippen LogP contribution >= 0.6 is 0 Å². The fourth-order valence-electron chi connectivity index (χ4n) is 2.43. The monoisotopic (exact) mass is 337 g/mol. The largest absolute Gasteiger partial charge is 0.466 e. The Morgan fingerprint density at radius 3 is 2.39 bits per heavy atom.